The monoisotopic (exact) mass is 436 g/mol. The molecule has 3 amide bonds. The first-order valence-corrected chi connectivity index (χ1v) is 11.5. The lowest BCUT2D eigenvalue weighted by Gasteiger charge is -2.29. The highest BCUT2D eigenvalue weighted by molar-refractivity contribution is 5.97. The van der Waals surface area contributed by atoms with Gasteiger partial charge in [-0.1, -0.05) is 30.3 Å². The number of likely N-dealkylation sites (tertiary alicyclic amines) is 1. The van der Waals surface area contributed by atoms with Crippen molar-refractivity contribution < 1.29 is 14.3 Å². The predicted molar refractivity (Wildman–Crippen MR) is 126 cm³/mol. The van der Waals surface area contributed by atoms with Gasteiger partial charge >= 0.3 is 6.03 Å². The van der Waals surface area contributed by atoms with Gasteiger partial charge in [-0.3, -0.25) is 9.69 Å². The topological polar surface area (TPSA) is 73.9 Å². The van der Waals surface area contributed by atoms with E-state index >= 15 is 0 Å². The van der Waals surface area contributed by atoms with Crippen LogP contribution >= 0.6 is 0 Å². The van der Waals surface area contributed by atoms with Crippen molar-refractivity contribution in [3.05, 3.63) is 54.1 Å². The lowest BCUT2D eigenvalue weighted by Crippen LogP contribution is -2.38. The number of ether oxygens (including phenoxy) is 1. The number of benzene rings is 2. The maximum Gasteiger partial charge on any atom is 0.319 e. The minimum absolute atomic E-state index is 0.0902. The number of hydrogen-bond acceptors (Lipinski definition) is 4. The molecule has 2 aliphatic heterocycles. The van der Waals surface area contributed by atoms with Crippen LogP contribution in [0.1, 0.15) is 43.7 Å². The first kappa shape index (κ1) is 22.1. The van der Waals surface area contributed by atoms with E-state index in [9.17, 15) is 9.59 Å². The third-order valence-electron chi connectivity index (χ3n) is 6.27. The van der Waals surface area contributed by atoms with Gasteiger partial charge < -0.3 is 20.3 Å². The molecule has 1 unspecified atom stereocenters. The summed E-state index contributed by atoms with van der Waals surface area (Å²) in [5.74, 6) is 0.719. The molecule has 1 atom stereocenters. The number of rotatable bonds is 7. The molecule has 32 heavy (non-hydrogen) atoms. The Labute approximate surface area is 189 Å². The zero-order chi connectivity index (χ0) is 22.3. The van der Waals surface area contributed by atoms with Crippen LogP contribution in [0.3, 0.4) is 0 Å². The van der Waals surface area contributed by atoms with Crippen LogP contribution in [0.25, 0.3) is 0 Å². The van der Waals surface area contributed by atoms with Crippen molar-refractivity contribution in [1.29, 1.82) is 0 Å². The Bertz CT molecular complexity index is 928. The fraction of sp³-hybridized carbons (Fsp3) is 0.440. The molecule has 0 bridgehead atoms. The number of methoxy groups -OCH3 is 1. The van der Waals surface area contributed by atoms with Crippen molar-refractivity contribution in [3.63, 3.8) is 0 Å². The summed E-state index contributed by atoms with van der Waals surface area (Å²) in [6, 6.07) is 15.6. The van der Waals surface area contributed by atoms with E-state index in [2.05, 4.69) is 27.7 Å². The minimum Gasteiger partial charge on any atom is -0.495 e. The first-order valence-electron chi connectivity index (χ1n) is 11.5. The van der Waals surface area contributed by atoms with Crippen molar-refractivity contribution in [2.75, 3.05) is 43.5 Å². The van der Waals surface area contributed by atoms with Crippen LogP contribution in [0.5, 0.6) is 5.75 Å². The van der Waals surface area contributed by atoms with E-state index in [1.807, 2.05) is 24.3 Å². The van der Waals surface area contributed by atoms with E-state index in [1.54, 1.807) is 24.1 Å². The maximum atomic E-state index is 12.7. The molecule has 2 N–H and O–H groups in total. The molecule has 0 spiro atoms. The fourth-order valence-corrected chi connectivity index (χ4v) is 4.59. The van der Waals surface area contributed by atoms with Gasteiger partial charge in [-0.25, -0.2) is 4.79 Å². The number of amides is 3. The summed E-state index contributed by atoms with van der Waals surface area (Å²) in [5, 5.41) is 5.96. The molecule has 0 aliphatic carbocycles. The molecule has 2 saturated heterocycles. The lowest BCUT2D eigenvalue weighted by molar-refractivity contribution is -0.119. The van der Waals surface area contributed by atoms with Gasteiger partial charge in [0.2, 0.25) is 5.91 Å². The molecule has 2 aromatic carbocycles. The highest BCUT2D eigenvalue weighted by Gasteiger charge is 2.25. The summed E-state index contributed by atoms with van der Waals surface area (Å²) in [6.45, 7) is 3.30. The predicted octanol–water partition coefficient (Wildman–Crippen LogP) is 4.17. The Morgan fingerprint density at radius 3 is 2.50 bits per heavy atom. The van der Waals surface area contributed by atoms with E-state index in [-0.39, 0.29) is 18.0 Å². The van der Waals surface area contributed by atoms with Gasteiger partial charge in [0.15, 0.2) is 0 Å². The number of nitrogens with one attached hydrogen (secondary N) is 2. The number of anilines is 2. The molecule has 2 fully saturated rings. The molecule has 0 saturated carbocycles. The lowest BCUT2D eigenvalue weighted by atomic mass is 10.1. The standard InChI is InChI=1S/C25H32N4O3/c1-32-23-13-12-20(17-21(23)29-16-6-5-11-24(29)30)27-25(31)26-18-22(28-14-7-8-15-28)19-9-3-2-4-10-19/h2-4,9-10,12-13,17,22H,5-8,11,14-16,18H2,1H3,(H2,26,27,31). The van der Waals surface area contributed by atoms with Gasteiger partial charge in [-0.05, 0) is 62.5 Å². The summed E-state index contributed by atoms with van der Waals surface area (Å²) < 4.78 is 5.46. The average molecular weight is 437 g/mol. The van der Waals surface area contributed by atoms with Gasteiger partial charge in [0.25, 0.3) is 0 Å². The normalized spacial score (nSPS) is 17.8. The second-order valence-corrected chi connectivity index (χ2v) is 8.39. The van der Waals surface area contributed by atoms with Crippen molar-refractivity contribution in [1.82, 2.24) is 10.2 Å². The van der Waals surface area contributed by atoms with Crippen molar-refractivity contribution in [3.8, 4) is 5.75 Å². The molecule has 7 heteroatoms. The zero-order valence-corrected chi connectivity index (χ0v) is 18.7. The number of carbonyl (C=O) groups excluding carboxylic acids is 2. The van der Waals surface area contributed by atoms with Crippen LogP contribution in [0.2, 0.25) is 0 Å². The van der Waals surface area contributed by atoms with E-state index in [0.29, 0.717) is 36.6 Å². The Balaban J connectivity index is 1.43. The SMILES string of the molecule is COc1ccc(NC(=O)NCC(c2ccccc2)N2CCCC2)cc1N1CCCCC1=O. The van der Waals surface area contributed by atoms with Crippen LogP contribution in [0.15, 0.2) is 48.5 Å². The number of piperidine rings is 1. The highest BCUT2D eigenvalue weighted by atomic mass is 16.5. The summed E-state index contributed by atoms with van der Waals surface area (Å²) in [7, 11) is 1.59. The van der Waals surface area contributed by atoms with Gasteiger partial charge in [0.05, 0.1) is 18.8 Å². The third-order valence-corrected chi connectivity index (χ3v) is 6.27. The third kappa shape index (κ3) is 5.22. The second-order valence-electron chi connectivity index (χ2n) is 8.39. The Morgan fingerprint density at radius 2 is 1.78 bits per heavy atom. The summed E-state index contributed by atoms with van der Waals surface area (Å²) >= 11 is 0. The molecule has 0 aromatic heterocycles. The second kappa shape index (κ2) is 10.5. The van der Waals surface area contributed by atoms with E-state index in [0.717, 1.165) is 25.9 Å². The van der Waals surface area contributed by atoms with Gasteiger partial charge in [-0.2, -0.15) is 0 Å². The van der Waals surface area contributed by atoms with Crippen LogP contribution in [-0.4, -0.2) is 50.1 Å². The summed E-state index contributed by atoms with van der Waals surface area (Å²) in [4.78, 5) is 29.3. The smallest absolute Gasteiger partial charge is 0.319 e. The molecule has 170 valence electrons. The number of carbonyl (C=O) groups is 2. The molecule has 4 rings (SSSR count). The Kier molecular flexibility index (Phi) is 7.27. The maximum absolute atomic E-state index is 12.7. The summed E-state index contributed by atoms with van der Waals surface area (Å²) in [6.07, 6.45) is 4.80. The molecule has 2 aliphatic rings. The van der Waals surface area contributed by atoms with Crippen molar-refractivity contribution >= 4 is 23.3 Å². The van der Waals surface area contributed by atoms with Crippen LogP contribution in [-0.2, 0) is 4.79 Å². The fourth-order valence-electron chi connectivity index (χ4n) is 4.59. The Hall–Kier alpha value is -3.06. The van der Waals surface area contributed by atoms with Crippen molar-refractivity contribution in [2.45, 2.75) is 38.1 Å². The quantitative estimate of drug-likeness (QED) is 0.683. The number of hydrogen-bond donors (Lipinski definition) is 2. The highest BCUT2D eigenvalue weighted by Crippen LogP contribution is 2.33. The molecule has 2 heterocycles. The minimum atomic E-state index is -0.258. The van der Waals surface area contributed by atoms with E-state index < -0.39 is 0 Å². The summed E-state index contributed by atoms with van der Waals surface area (Å²) in [5.41, 5.74) is 2.55. The Morgan fingerprint density at radius 1 is 1.03 bits per heavy atom. The number of nitrogens with zero attached hydrogens (tertiary/aromatic N) is 2. The van der Waals surface area contributed by atoms with E-state index in [4.69, 9.17) is 4.74 Å². The van der Waals surface area contributed by atoms with Crippen LogP contribution in [0, 0.1) is 0 Å². The van der Waals surface area contributed by atoms with Crippen LogP contribution < -0.4 is 20.3 Å². The van der Waals surface area contributed by atoms with Gasteiger partial charge in [0.1, 0.15) is 5.75 Å². The number of urea groups is 1. The molecular weight excluding hydrogens is 404 g/mol. The molecule has 7 nitrogen and oxygen atoms in total. The zero-order valence-electron chi connectivity index (χ0n) is 18.7. The largest absolute Gasteiger partial charge is 0.495 e. The van der Waals surface area contributed by atoms with Crippen LogP contribution in [0.4, 0.5) is 16.2 Å². The van der Waals surface area contributed by atoms with Gasteiger partial charge in [0, 0.05) is 25.2 Å². The molecular formula is C25H32N4O3. The molecule has 2 aromatic rings. The first-order chi connectivity index (χ1) is 15.7. The van der Waals surface area contributed by atoms with E-state index in [1.165, 1.54) is 18.4 Å². The average Bonchev–Trinajstić information content (AvgIpc) is 3.35. The van der Waals surface area contributed by atoms with Crippen molar-refractivity contribution in [2.24, 2.45) is 0 Å². The van der Waals surface area contributed by atoms with Gasteiger partial charge in [-0.15, -0.1) is 0 Å². The molecule has 0 radical (unpaired) electrons.